The van der Waals surface area contributed by atoms with Gasteiger partial charge in [0.05, 0.1) is 5.92 Å². The summed E-state index contributed by atoms with van der Waals surface area (Å²) in [4.78, 5) is 10.8. The average molecular weight is 215 g/mol. The van der Waals surface area contributed by atoms with Gasteiger partial charge >= 0.3 is 5.97 Å². The molecule has 0 radical (unpaired) electrons. The largest absolute Gasteiger partial charge is 0.481 e. The van der Waals surface area contributed by atoms with Gasteiger partial charge in [0.2, 0.25) is 0 Å². The number of hydrogen-bond donors (Lipinski definition) is 2. The molecule has 1 fully saturated rings. The summed E-state index contributed by atoms with van der Waals surface area (Å²) < 4.78 is 5.30. The topological polar surface area (TPSA) is 58.6 Å². The van der Waals surface area contributed by atoms with Crippen molar-refractivity contribution in [2.24, 2.45) is 11.8 Å². The fourth-order valence-corrected chi connectivity index (χ4v) is 2.15. The Labute approximate surface area is 91.0 Å². The Balaban J connectivity index is 2.43. The van der Waals surface area contributed by atoms with E-state index in [1.54, 1.807) is 6.92 Å². The molecule has 2 N–H and O–H groups in total. The molecule has 88 valence electrons. The fourth-order valence-electron chi connectivity index (χ4n) is 2.15. The molecule has 4 nitrogen and oxygen atoms in total. The molecule has 1 rings (SSSR count). The van der Waals surface area contributed by atoms with Crippen molar-refractivity contribution >= 4 is 5.97 Å². The minimum Gasteiger partial charge on any atom is -0.481 e. The van der Waals surface area contributed by atoms with Gasteiger partial charge in [0.15, 0.2) is 0 Å². The molecule has 0 saturated carbocycles. The second-order valence-corrected chi connectivity index (χ2v) is 4.32. The van der Waals surface area contributed by atoms with E-state index < -0.39 is 5.97 Å². The molecule has 1 saturated heterocycles. The third-order valence-corrected chi connectivity index (χ3v) is 3.23. The van der Waals surface area contributed by atoms with Crippen molar-refractivity contribution in [1.82, 2.24) is 5.32 Å². The summed E-state index contributed by atoms with van der Waals surface area (Å²) >= 11 is 0. The maximum Gasteiger partial charge on any atom is 0.306 e. The normalized spacial score (nSPS) is 22.3. The van der Waals surface area contributed by atoms with Crippen LogP contribution in [0.5, 0.6) is 0 Å². The predicted molar refractivity (Wildman–Crippen MR) is 57.8 cm³/mol. The van der Waals surface area contributed by atoms with Gasteiger partial charge in [-0.1, -0.05) is 6.92 Å². The van der Waals surface area contributed by atoms with Crippen LogP contribution < -0.4 is 5.32 Å². The summed E-state index contributed by atoms with van der Waals surface area (Å²) in [5, 5.41) is 12.1. The van der Waals surface area contributed by atoms with Gasteiger partial charge in [0.1, 0.15) is 0 Å². The van der Waals surface area contributed by atoms with Gasteiger partial charge in [-0.05, 0) is 32.2 Å². The van der Waals surface area contributed by atoms with Crippen LogP contribution in [0.4, 0.5) is 0 Å². The lowest BCUT2D eigenvalue weighted by atomic mass is 9.86. The number of rotatable bonds is 5. The van der Waals surface area contributed by atoms with Crippen molar-refractivity contribution in [3.05, 3.63) is 0 Å². The molecule has 0 aromatic heterocycles. The summed E-state index contributed by atoms with van der Waals surface area (Å²) in [5.74, 6) is -0.418. The zero-order valence-corrected chi connectivity index (χ0v) is 9.53. The molecule has 0 aromatic carbocycles. The van der Waals surface area contributed by atoms with Gasteiger partial charge < -0.3 is 15.2 Å². The van der Waals surface area contributed by atoms with Crippen LogP contribution in [0.3, 0.4) is 0 Å². The quantitative estimate of drug-likeness (QED) is 0.721. The number of aliphatic carboxylic acids is 1. The van der Waals surface area contributed by atoms with Crippen LogP contribution in [0.15, 0.2) is 0 Å². The molecule has 0 spiro atoms. The molecule has 2 atom stereocenters. The number of hydrogen-bond acceptors (Lipinski definition) is 3. The van der Waals surface area contributed by atoms with Gasteiger partial charge in [0, 0.05) is 19.3 Å². The molecular formula is C11H21NO3. The van der Waals surface area contributed by atoms with E-state index in [-0.39, 0.29) is 5.92 Å². The molecular weight excluding hydrogens is 194 g/mol. The second-order valence-electron chi connectivity index (χ2n) is 4.32. The molecule has 0 aromatic rings. The number of carboxylic acids is 1. The van der Waals surface area contributed by atoms with Crippen LogP contribution in [-0.2, 0) is 9.53 Å². The standard InChI is InChI=1S/C11H21NO3/c1-8(11(13)14)7-10(12-2)9-3-5-15-6-4-9/h8-10,12H,3-7H2,1-2H3,(H,13,14). The first-order chi connectivity index (χ1) is 7.15. The summed E-state index contributed by atoms with van der Waals surface area (Å²) in [5.41, 5.74) is 0. The first-order valence-corrected chi connectivity index (χ1v) is 5.63. The molecule has 4 heteroatoms. The Morgan fingerprint density at radius 2 is 2.13 bits per heavy atom. The number of nitrogens with one attached hydrogen (secondary N) is 1. The Kier molecular flexibility index (Phi) is 5.05. The van der Waals surface area contributed by atoms with Crippen LogP contribution in [0.2, 0.25) is 0 Å². The summed E-state index contributed by atoms with van der Waals surface area (Å²) in [6.45, 7) is 3.39. The van der Waals surface area contributed by atoms with E-state index in [4.69, 9.17) is 9.84 Å². The van der Waals surface area contributed by atoms with E-state index >= 15 is 0 Å². The second kappa shape index (κ2) is 6.08. The molecule has 15 heavy (non-hydrogen) atoms. The van der Waals surface area contributed by atoms with E-state index in [1.165, 1.54) is 0 Å². The summed E-state index contributed by atoms with van der Waals surface area (Å²) in [6, 6.07) is 0.306. The van der Waals surface area contributed by atoms with E-state index in [9.17, 15) is 4.79 Å². The molecule has 2 unspecified atom stereocenters. The number of ether oxygens (including phenoxy) is 1. The average Bonchev–Trinajstić information content (AvgIpc) is 2.26. The van der Waals surface area contributed by atoms with Gasteiger partial charge in [0.25, 0.3) is 0 Å². The zero-order chi connectivity index (χ0) is 11.3. The minimum absolute atomic E-state index is 0.273. The van der Waals surface area contributed by atoms with Crippen LogP contribution >= 0.6 is 0 Å². The highest BCUT2D eigenvalue weighted by Gasteiger charge is 2.26. The summed E-state index contributed by atoms with van der Waals surface area (Å²) in [7, 11) is 1.91. The third kappa shape index (κ3) is 3.80. The van der Waals surface area contributed by atoms with Gasteiger partial charge in [-0.25, -0.2) is 0 Å². The SMILES string of the molecule is CNC(CC(C)C(=O)O)C1CCOCC1. The number of carbonyl (C=O) groups is 1. The first-order valence-electron chi connectivity index (χ1n) is 5.63. The van der Waals surface area contributed by atoms with E-state index in [0.717, 1.165) is 26.1 Å². The van der Waals surface area contributed by atoms with E-state index in [0.29, 0.717) is 18.4 Å². The number of carboxylic acid groups (broad SMARTS) is 1. The van der Waals surface area contributed by atoms with Crippen LogP contribution in [0, 0.1) is 11.8 Å². The lowest BCUT2D eigenvalue weighted by molar-refractivity contribution is -0.141. The fraction of sp³-hybridized carbons (Fsp3) is 0.909. The maximum absolute atomic E-state index is 10.8. The highest BCUT2D eigenvalue weighted by atomic mass is 16.5. The predicted octanol–water partition coefficient (Wildman–Crippen LogP) is 1.11. The van der Waals surface area contributed by atoms with E-state index in [2.05, 4.69) is 5.32 Å². The molecule has 1 heterocycles. The molecule has 0 amide bonds. The van der Waals surface area contributed by atoms with Crippen molar-refractivity contribution in [2.75, 3.05) is 20.3 Å². The highest BCUT2D eigenvalue weighted by molar-refractivity contribution is 5.69. The monoisotopic (exact) mass is 215 g/mol. The Morgan fingerprint density at radius 1 is 1.53 bits per heavy atom. The highest BCUT2D eigenvalue weighted by Crippen LogP contribution is 2.23. The van der Waals surface area contributed by atoms with Crippen molar-refractivity contribution in [2.45, 2.75) is 32.2 Å². The van der Waals surface area contributed by atoms with Crippen LogP contribution in [0.1, 0.15) is 26.2 Å². The smallest absolute Gasteiger partial charge is 0.306 e. The van der Waals surface area contributed by atoms with Crippen molar-refractivity contribution in [3.8, 4) is 0 Å². The Bertz CT molecular complexity index is 202. The lowest BCUT2D eigenvalue weighted by Gasteiger charge is -2.31. The van der Waals surface area contributed by atoms with Crippen molar-refractivity contribution in [3.63, 3.8) is 0 Å². The Morgan fingerprint density at radius 3 is 2.60 bits per heavy atom. The van der Waals surface area contributed by atoms with Crippen molar-refractivity contribution < 1.29 is 14.6 Å². The van der Waals surface area contributed by atoms with Crippen LogP contribution in [0.25, 0.3) is 0 Å². The molecule has 1 aliphatic rings. The van der Waals surface area contributed by atoms with Gasteiger partial charge in [-0.15, -0.1) is 0 Å². The summed E-state index contributed by atoms with van der Waals surface area (Å²) in [6.07, 6.45) is 2.78. The van der Waals surface area contributed by atoms with Crippen LogP contribution in [-0.4, -0.2) is 37.4 Å². The third-order valence-electron chi connectivity index (χ3n) is 3.23. The maximum atomic E-state index is 10.8. The molecule has 1 aliphatic heterocycles. The Hall–Kier alpha value is -0.610. The molecule has 0 aliphatic carbocycles. The van der Waals surface area contributed by atoms with Crippen molar-refractivity contribution in [1.29, 1.82) is 0 Å². The van der Waals surface area contributed by atoms with Gasteiger partial charge in [-0.2, -0.15) is 0 Å². The lowest BCUT2D eigenvalue weighted by Crippen LogP contribution is -2.39. The zero-order valence-electron chi connectivity index (χ0n) is 9.53. The van der Waals surface area contributed by atoms with Gasteiger partial charge in [-0.3, -0.25) is 4.79 Å². The molecule has 0 bridgehead atoms. The minimum atomic E-state index is -0.706. The first kappa shape index (κ1) is 12.5. The van der Waals surface area contributed by atoms with E-state index in [1.807, 2.05) is 7.05 Å².